The third kappa shape index (κ3) is 8.63. The van der Waals surface area contributed by atoms with Gasteiger partial charge in [-0.1, -0.05) is 196 Å². The Morgan fingerprint density at radius 3 is 1.94 bits per heavy atom. The highest BCUT2D eigenvalue weighted by Crippen LogP contribution is 2.42. The number of benzene rings is 10. The van der Waals surface area contributed by atoms with Crippen LogP contribution >= 0.6 is 0 Å². The van der Waals surface area contributed by atoms with Crippen molar-refractivity contribution in [3.63, 3.8) is 0 Å². The van der Waals surface area contributed by atoms with Crippen LogP contribution in [-0.4, -0.2) is 18.7 Å². The molecule has 4 aromatic heterocycles. The number of aromatic nitrogens is 5. The first-order valence-corrected chi connectivity index (χ1v) is 26.6. The van der Waals surface area contributed by atoms with E-state index in [1.807, 2.05) is 69.9 Å². The standard InChI is InChI=1S/C73H57N5O/c1-73(2,3)53-42-43-74-71(46-53)78-67-41-38-52(60-32-19-33-64-62-29-13-14-35-66(62)77(72(60)64)54-25-11-6-12-26-54)45-65(67)63-40-39-57(48-70(63)78)79-56-28-17-27-55(47-56)76-49-75(68-36-15-16-37-69(68)76)44-20-34-61-58(50-21-7-4-8-22-50)30-18-31-59(61)51-23-9-5-10-24-51/h4-19,21-33,35-43,45-48H,20,34,44H2,1-3H3/i4D,5D,7D,8D,9D,10D,21D,22D,23D,24D. The first-order chi connectivity index (χ1) is 43.0. The maximum Gasteiger partial charge on any atom is 0.244 e. The van der Waals surface area contributed by atoms with Gasteiger partial charge in [0.25, 0.3) is 0 Å². The Morgan fingerprint density at radius 2 is 1.15 bits per heavy atom. The van der Waals surface area contributed by atoms with Gasteiger partial charge in [0.15, 0.2) is 0 Å². The van der Waals surface area contributed by atoms with Crippen LogP contribution in [0.3, 0.4) is 0 Å². The average molecular weight is 1030 g/mol. The molecule has 380 valence electrons. The lowest BCUT2D eigenvalue weighted by Crippen LogP contribution is -2.33. The van der Waals surface area contributed by atoms with Crippen molar-refractivity contribution in [1.29, 1.82) is 0 Å². The van der Waals surface area contributed by atoms with Gasteiger partial charge < -0.3 is 18.4 Å². The maximum absolute atomic E-state index is 8.94. The molecule has 79 heavy (non-hydrogen) atoms. The van der Waals surface area contributed by atoms with Crippen molar-refractivity contribution < 1.29 is 23.0 Å². The quantitative estimate of drug-likeness (QED) is 0.0904. The minimum absolute atomic E-state index is 0.0356. The van der Waals surface area contributed by atoms with E-state index in [2.05, 4.69) is 151 Å². The summed E-state index contributed by atoms with van der Waals surface area (Å²) < 4.78 is 102. The monoisotopic (exact) mass is 1030 g/mol. The summed E-state index contributed by atoms with van der Waals surface area (Å²) in [6.07, 6.45) is 6.13. The van der Waals surface area contributed by atoms with Crippen LogP contribution in [0.15, 0.2) is 255 Å². The van der Waals surface area contributed by atoms with Gasteiger partial charge in [-0.2, -0.15) is 0 Å². The zero-order valence-electron chi connectivity index (χ0n) is 53.7. The molecule has 0 spiro atoms. The van der Waals surface area contributed by atoms with Gasteiger partial charge in [-0.15, -0.1) is 0 Å². The molecule has 10 aromatic carbocycles. The first-order valence-electron chi connectivity index (χ1n) is 31.6. The van der Waals surface area contributed by atoms with E-state index in [0.29, 0.717) is 41.2 Å². The third-order valence-corrected chi connectivity index (χ3v) is 15.1. The topological polar surface area (TPSA) is 40.8 Å². The molecule has 0 radical (unpaired) electrons. The van der Waals surface area contributed by atoms with Crippen molar-refractivity contribution in [1.82, 2.24) is 18.7 Å². The second kappa shape index (κ2) is 19.7. The van der Waals surface area contributed by atoms with Gasteiger partial charge in [0.05, 0.1) is 59.0 Å². The molecule has 0 fully saturated rings. The number of fused-ring (bicyclic) bond motifs is 7. The first kappa shape index (κ1) is 37.9. The predicted molar refractivity (Wildman–Crippen MR) is 325 cm³/mol. The second-order valence-corrected chi connectivity index (χ2v) is 20.9. The minimum Gasteiger partial charge on any atom is -0.458 e. The van der Waals surface area contributed by atoms with Gasteiger partial charge in [-0.3, -0.25) is 4.57 Å². The fraction of sp³-hybridized carbons (Fsp3) is 0.0959. The molecular weight excluding hydrogens is 963 g/mol. The van der Waals surface area contributed by atoms with Crippen LogP contribution in [0.5, 0.6) is 11.5 Å². The lowest BCUT2D eigenvalue weighted by molar-refractivity contribution is -0.676. The maximum atomic E-state index is 8.94. The summed E-state index contributed by atoms with van der Waals surface area (Å²) >= 11 is 0. The molecule has 0 aliphatic carbocycles. The number of nitrogens with zero attached hydrogens (tertiary/aromatic N) is 5. The molecular formula is C73H57N5O. The van der Waals surface area contributed by atoms with Crippen LogP contribution in [0.25, 0.3) is 105 Å². The Labute approximate surface area is 474 Å². The van der Waals surface area contributed by atoms with Crippen molar-refractivity contribution in [3.8, 4) is 62.1 Å². The molecule has 14 rings (SSSR count). The summed E-state index contributed by atoms with van der Waals surface area (Å²) in [5, 5.41) is 4.49. The molecule has 0 aliphatic rings. The molecule has 6 heteroatoms. The van der Waals surface area contributed by atoms with Crippen LogP contribution < -0.4 is 9.30 Å². The largest absolute Gasteiger partial charge is 0.458 e. The number of imidazole rings is 1. The SMILES string of the molecule is [2H]c1c([2H])c([2H])c(-c2cccc(-c3c([2H])c([2H])c([2H])c([2H])c3[2H])c2CCC[n+]2[c-]n(-c3cccc(Oc4ccc5c6cc(-c7cccc8c9ccccc9n(-c9ccccc9)c78)ccc6n(-c6cc(C(C)(C)C)ccn6)c5c4)c3)c3ccccc32)c([2H])c1[2H]. The number of rotatable bonds is 12. The highest BCUT2D eigenvalue weighted by atomic mass is 16.5. The van der Waals surface area contributed by atoms with Crippen LogP contribution in [0.1, 0.15) is 52.0 Å². The highest BCUT2D eigenvalue weighted by Gasteiger charge is 2.22. The summed E-state index contributed by atoms with van der Waals surface area (Å²) in [5.41, 5.74) is 12.1. The molecule has 0 saturated carbocycles. The summed E-state index contributed by atoms with van der Waals surface area (Å²) in [6, 6.07) is 59.0. The summed E-state index contributed by atoms with van der Waals surface area (Å²) in [4.78, 5) is 5.01. The van der Waals surface area contributed by atoms with E-state index in [4.69, 9.17) is 23.4 Å². The van der Waals surface area contributed by atoms with Gasteiger partial charge in [-0.05, 0) is 124 Å². The highest BCUT2D eigenvalue weighted by molar-refractivity contribution is 6.15. The van der Waals surface area contributed by atoms with E-state index < -0.39 is 60.4 Å². The van der Waals surface area contributed by atoms with Gasteiger partial charge >= 0.3 is 0 Å². The normalized spacial score (nSPS) is 13.7. The van der Waals surface area contributed by atoms with Crippen molar-refractivity contribution in [3.05, 3.63) is 272 Å². The van der Waals surface area contributed by atoms with Crippen molar-refractivity contribution >= 4 is 54.6 Å². The van der Waals surface area contributed by atoms with Crippen LogP contribution in [0.4, 0.5) is 0 Å². The Bertz CT molecular complexity index is 5070. The predicted octanol–water partition coefficient (Wildman–Crippen LogP) is 18.0. The second-order valence-electron chi connectivity index (χ2n) is 20.9. The summed E-state index contributed by atoms with van der Waals surface area (Å²) in [5.74, 6) is 2.03. The fourth-order valence-corrected chi connectivity index (χ4v) is 11.4. The lowest BCUT2D eigenvalue weighted by atomic mass is 9.88. The summed E-state index contributed by atoms with van der Waals surface area (Å²) in [7, 11) is 0. The molecule has 0 bridgehead atoms. The molecule has 6 nitrogen and oxygen atoms in total. The van der Waals surface area contributed by atoms with Gasteiger partial charge in [0.1, 0.15) is 17.3 Å². The Kier molecular flexibility index (Phi) is 9.43. The number of hydrogen-bond donors (Lipinski definition) is 0. The van der Waals surface area contributed by atoms with Crippen molar-refractivity contribution in [2.24, 2.45) is 0 Å². The molecule has 0 saturated heterocycles. The number of ether oxygens (including phenoxy) is 1. The number of hydrogen-bond acceptors (Lipinski definition) is 2. The Morgan fingerprint density at radius 1 is 0.506 bits per heavy atom. The Hall–Kier alpha value is -9.78. The summed E-state index contributed by atoms with van der Waals surface area (Å²) in [6.45, 7) is 7.03. The molecule has 0 unspecified atom stereocenters. The van der Waals surface area contributed by atoms with Crippen LogP contribution in [0, 0.1) is 6.33 Å². The molecule has 14 aromatic rings. The molecule has 0 atom stereocenters. The van der Waals surface area contributed by atoms with Crippen LogP contribution in [0.2, 0.25) is 0 Å². The van der Waals surface area contributed by atoms with E-state index >= 15 is 0 Å². The lowest BCUT2D eigenvalue weighted by Gasteiger charge is -2.20. The van der Waals surface area contributed by atoms with E-state index in [9.17, 15) is 0 Å². The van der Waals surface area contributed by atoms with Crippen molar-refractivity contribution in [2.45, 2.75) is 45.6 Å². The van der Waals surface area contributed by atoms with E-state index in [0.717, 1.165) is 77.8 Å². The number of aryl methyl sites for hydroxylation is 1. The fourth-order valence-electron chi connectivity index (χ4n) is 11.4. The Balaban J connectivity index is 0.826. The number of para-hydroxylation sites is 5. The molecule has 0 amide bonds. The zero-order valence-corrected chi connectivity index (χ0v) is 43.7. The smallest absolute Gasteiger partial charge is 0.244 e. The van der Waals surface area contributed by atoms with Gasteiger partial charge in [-0.25, -0.2) is 4.98 Å². The number of pyridine rings is 1. The van der Waals surface area contributed by atoms with Gasteiger partial charge in [0, 0.05) is 45.1 Å². The minimum atomic E-state index is -0.533. The van der Waals surface area contributed by atoms with Gasteiger partial charge in [0.2, 0.25) is 6.33 Å². The average Bonchev–Trinajstić information content (AvgIpc) is 1.68. The van der Waals surface area contributed by atoms with Crippen molar-refractivity contribution in [2.75, 3.05) is 0 Å². The third-order valence-electron chi connectivity index (χ3n) is 15.1. The molecule has 0 aliphatic heterocycles. The van der Waals surface area contributed by atoms with E-state index in [-0.39, 0.29) is 23.0 Å². The molecule has 0 N–H and O–H groups in total. The molecule has 4 heterocycles. The van der Waals surface area contributed by atoms with E-state index in [1.54, 1.807) is 18.2 Å². The zero-order chi connectivity index (χ0) is 61.7. The van der Waals surface area contributed by atoms with E-state index in [1.165, 1.54) is 10.8 Å². The van der Waals surface area contributed by atoms with Crippen LogP contribution in [-0.2, 0) is 18.4 Å².